The van der Waals surface area contributed by atoms with Crippen LogP contribution in [0, 0.1) is 0 Å². The van der Waals surface area contributed by atoms with Crippen LogP contribution in [0.2, 0.25) is 0 Å². The molecule has 7 aromatic rings. The van der Waals surface area contributed by atoms with Gasteiger partial charge in [-0.25, -0.2) is 15.0 Å². The van der Waals surface area contributed by atoms with E-state index in [0.29, 0.717) is 5.65 Å². The predicted molar refractivity (Wildman–Crippen MR) is 175 cm³/mol. The summed E-state index contributed by atoms with van der Waals surface area (Å²) in [6.07, 6.45) is 6.09. The molecule has 0 aliphatic carbocycles. The first-order valence-corrected chi connectivity index (χ1v) is 15.1. The fourth-order valence-electron chi connectivity index (χ4n) is 6.62. The predicted octanol–water partition coefficient (Wildman–Crippen LogP) is 9.09. The minimum Gasteiger partial charge on any atom is -0.469 e. The van der Waals surface area contributed by atoms with Gasteiger partial charge in [0.15, 0.2) is 5.65 Å². The lowest BCUT2D eigenvalue weighted by Gasteiger charge is -2.20. The zero-order valence-electron chi connectivity index (χ0n) is 25.0. The summed E-state index contributed by atoms with van der Waals surface area (Å²) in [5.74, 6) is -0.568. The summed E-state index contributed by atoms with van der Waals surface area (Å²) < 4.78 is 7.40. The minimum absolute atomic E-state index is 0.170. The highest BCUT2D eigenvalue weighted by atomic mass is 16.5. The van der Waals surface area contributed by atoms with E-state index in [0.717, 1.165) is 52.7 Å². The smallest absolute Gasteiger partial charge is 0.313 e. The summed E-state index contributed by atoms with van der Waals surface area (Å²) in [4.78, 5) is 27.0. The third-order valence-corrected chi connectivity index (χ3v) is 8.77. The molecule has 0 amide bonds. The number of fused-ring (bicyclic) bond motifs is 1. The summed E-state index contributed by atoms with van der Waals surface area (Å²) >= 11 is 0. The summed E-state index contributed by atoms with van der Waals surface area (Å²) in [6, 6.07) is 26.3. The lowest BCUT2D eigenvalue weighted by molar-refractivity contribution is -0.142. The van der Waals surface area contributed by atoms with Crippen LogP contribution in [0.3, 0.4) is 0 Å². The number of esters is 1. The highest BCUT2D eigenvalue weighted by molar-refractivity contribution is 6.25. The van der Waals surface area contributed by atoms with Crippen molar-refractivity contribution < 1.29 is 9.53 Å². The Morgan fingerprint density at radius 3 is 2.30 bits per heavy atom. The van der Waals surface area contributed by atoms with Gasteiger partial charge in [-0.3, -0.25) is 4.79 Å². The molecule has 0 radical (unpaired) electrons. The number of benzene rings is 5. The monoisotopic (exact) mass is 566 g/mol. The van der Waals surface area contributed by atoms with Gasteiger partial charge in [-0.05, 0) is 75.3 Å². The van der Waals surface area contributed by atoms with E-state index in [1.54, 1.807) is 6.33 Å². The van der Waals surface area contributed by atoms with Crippen LogP contribution in [0.25, 0.3) is 65.9 Å². The number of imidazole rings is 1. The molecule has 214 valence electrons. The average Bonchev–Trinajstić information content (AvgIpc) is 3.49. The zero-order valence-corrected chi connectivity index (χ0v) is 25.0. The van der Waals surface area contributed by atoms with Crippen molar-refractivity contribution in [1.82, 2.24) is 19.5 Å². The Morgan fingerprint density at radius 1 is 0.837 bits per heavy atom. The third-order valence-electron chi connectivity index (χ3n) is 8.77. The number of hydrogen-bond donors (Lipinski definition) is 0. The number of unbranched alkanes of at least 4 members (excludes halogenated alkanes) is 1. The Balaban J connectivity index is 1.55. The number of aromatic nitrogens is 4. The van der Waals surface area contributed by atoms with E-state index in [9.17, 15) is 4.79 Å². The van der Waals surface area contributed by atoms with E-state index in [1.807, 2.05) is 6.33 Å². The molecule has 0 spiro atoms. The molecule has 6 heteroatoms. The quantitative estimate of drug-likeness (QED) is 0.136. The van der Waals surface area contributed by atoms with Gasteiger partial charge in [-0.1, -0.05) is 86.5 Å². The van der Waals surface area contributed by atoms with E-state index in [4.69, 9.17) is 9.72 Å². The number of carbonyl (C=O) groups excluding carboxylic acids is 1. The summed E-state index contributed by atoms with van der Waals surface area (Å²) in [5.41, 5.74) is 6.40. The second-order valence-corrected chi connectivity index (χ2v) is 11.6. The Bertz CT molecular complexity index is 2110. The Labute approximate surface area is 250 Å². The molecule has 0 N–H and O–H groups in total. The maximum Gasteiger partial charge on any atom is 0.313 e. The number of rotatable bonds is 8. The van der Waals surface area contributed by atoms with Crippen molar-refractivity contribution in [2.24, 2.45) is 0 Å². The van der Waals surface area contributed by atoms with Gasteiger partial charge in [0.25, 0.3) is 0 Å². The Kier molecular flexibility index (Phi) is 6.77. The maximum absolute atomic E-state index is 13.0. The molecule has 0 bridgehead atoms. The molecular formula is C37H34N4O2. The van der Waals surface area contributed by atoms with Crippen molar-refractivity contribution in [2.45, 2.75) is 52.0 Å². The first-order valence-electron chi connectivity index (χ1n) is 15.1. The van der Waals surface area contributed by atoms with Crippen molar-refractivity contribution in [3.05, 3.63) is 91.0 Å². The number of carbonyl (C=O) groups is 1. The van der Waals surface area contributed by atoms with Crippen LogP contribution < -0.4 is 0 Å². The van der Waals surface area contributed by atoms with Crippen LogP contribution in [0.4, 0.5) is 0 Å². The van der Waals surface area contributed by atoms with Crippen molar-refractivity contribution in [3.8, 4) is 22.4 Å². The third kappa shape index (κ3) is 4.40. The normalized spacial score (nSPS) is 12.7. The first-order chi connectivity index (χ1) is 21.0. The SMILES string of the molecule is CCCCC(C(=O)OC)c1ccc(-c2ccc3ccc4cccc5ccc2c3c45)c(-c2ncnc3ncn(C(C)C)c23)c1. The molecule has 2 heterocycles. The molecule has 0 saturated heterocycles. The van der Waals surface area contributed by atoms with Gasteiger partial charge in [0.1, 0.15) is 17.5 Å². The van der Waals surface area contributed by atoms with Crippen LogP contribution in [-0.4, -0.2) is 32.6 Å². The topological polar surface area (TPSA) is 69.9 Å². The van der Waals surface area contributed by atoms with E-state index < -0.39 is 0 Å². The van der Waals surface area contributed by atoms with Gasteiger partial charge < -0.3 is 9.30 Å². The van der Waals surface area contributed by atoms with Gasteiger partial charge in [0.05, 0.1) is 19.4 Å². The highest BCUT2D eigenvalue weighted by Crippen LogP contribution is 2.43. The summed E-state index contributed by atoms with van der Waals surface area (Å²) in [5, 5.41) is 7.42. The second kappa shape index (κ2) is 10.8. The number of methoxy groups -OCH3 is 1. The molecule has 0 fully saturated rings. The van der Waals surface area contributed by atoms with Crippen LogP contribution in [-0.2, 0) is 9.53 Å². The highest BCUT2D eigenvalue weighted by Gasteiger charge is 2.25. The standard InChI is InChI=1S/C37H34N4O2/c1-5-6-10-27(37(42)43-4)26-15-17-29(31(19-26)34-35-36(39-20-38-34)40-21-41(35)22(2)3)28-16-13-25-12-11-23-8-7-9-24-14-18-30(28)33(25)32(23)24/h7-9,11-22,27H,5-6,10H2,1-4H3. The average molecular weight is 567 g/mol. The van der Waals surface area contributed by atoms with Gasteiger partial charge >= 0.3 is 5.97 Å². The minimum atomic E-state index is -0.355. The maximum atomic E-state index is 13.0. The number of hydrogen-bond acceptors (Lipinski definition) is 5. The lowest BCUT2D eigenvalue weighted by Crippen LogP contribution is -2.14. The van der Waals surface area contributed by atoms with Crippen LogP contribution >= 0.6 is 0 Å². The molecule has 6 nitrogen and oxygen atoms in total. The van der Waals surface area contributed by atoms with Gasteiger partial charge in [0.2, 0.25) is 0 Å². The molecule has 0 aliphatic heterocycles. The molecule has 1 unspecified atom stereocenters. The Hall–Kier alpha value is -4.84. The molecular weight excluding hydrogens is 532 g/mol. The zero-order chi connectivity index (χ0) is 29.7. The molecule has 5 aromatic carbocycles. The van der Waals surface area contributed by atoms with Crippen molar-refractivity contribution in [3.63, 3.8) is 0 Å². The van der Waals surface area contributed by atoms with E-state index in [2.05, 4.69) is 108 Å². The largest absolute Gasteiger partial charge is 0.469 e. The molecule has 0 saturated carbocycles. The Morgan fingerprint density at radius 2 is 1.56 bits per heavy atom. The summed E-state index contributed by atoms with van der Waals surface area (Å²) in [7, 11) is 1.47. The lowest BCUT2D eigenvalue weighted by atomic mass is 9.85. The van der Waals surface area contributed by atoms with Gasteiger partial charge in [-0.2, -0.15) is 0 Å². The molecule has 2 aromatic heterocycles. The molecule has 0 aliphatic rings. The molecule has 43 heavy (non-hydrogen) atoms. The van der Waals surface area contributed by atoms with E-state index in [-0.39, 0.29) is 17.9 Å². The second-order valence-electron chi connectivity index (χ2n) is 11.6. The first kappa shape index (κ1) is 27.0. The van der Waals surface area contributed by atoms with Crippen LogP contribution in [0.1, 0.15) is 57.6 Å². The van der Waals surface area contributed by atoms with Crippen molar-refractivity contribution in [2.75, 3.05) is 7.11 Å². The van der Waals surface area contributed by atoms with E-state index >= 15 is 0 Å². The van der Waals surface area contributed by atoms with E-state index in [1.165, 1.54) is 39.4 Å². The van der Waals surface area contributed by atoms with Crippen molar-refractivity contribution >= 4 is 49.5 Å². The van der Waals surface area contributed by atoms with Crippen molar-refractivity contribution in [1.29, 1.82) is 0 Å². The van der Waals surface area contributed by atoms with Gasteiger partial charge in [0, 0.05) is 11.6 Å². The molecule has 7 rings (SSSR count). The summed E-state index contributed by atoms with van der Waals surface area (Å²) in [6.45, 7) is 6.41. The van der Waals surface area contributed by atoms with Crippen LogP contribution in [0.15, 0.2) is 85.5 Å². The fourth-order valence-corrected chi connectivity index (χ4v) is 6.62. The number of nitrogens with zero attached hydrogens (tertiary/aromatic N) is 4. The molecule has 1 atom stereocenters. The van der Waals surface area contributed by atoms with Crippen LogP contribution in [0.5, 0.6) is 0 Å². The fraction of sp³-hybridized carbons (Fsp3) is 0.243. The number of ether oxygens (including phenoxy) is 1. The van der Waals surface area contributed by atoms with Gasteiger partial charge in [-0.15, -0.1) is 0 Å².